The zero-order chi connectivity index (χ0) is 8.77. The van der Waals surface area contributed by atoms with E-state index >= 15 is 0 Å². The number of hydrogen-bond acceptors (Lipinski definition) is 2. The smallest absolute Gasteiger partial charge is 0.161 e. The summed E-state index contributed by atoms with van der Waals surface area (Å²) in [6.45, 7) is 0. The van der Waals surface area contributed by atoms with E-state index in [0.29, 0.717) is 12.8 Å². The van der Waals surface area contributed by atoms with Crippen molar-refractivity contribution in [3.8, 4) is 0 Å². The first kappa shape index (κ1) is 8.57. The molecule has 0 radical (unpaired) electrons. The van der Waals surface area contributed by atoms with Crippen LogP contribution in [0.1, 0.15) is 19.3 Å². The van der Waals surface area contributed by atoms with Crippen molar-refractivity contribution in [3.05, 3.63) is 12.2 Å². The fraction of sp³-hybridized carbons (Fsp3) is 0.750. The van der Waals surface area contributed by atoms with Crippen LogP contribution in [0.25, 0.3) is 0 Å². The topological polar surface area (TPSA) is 34.1 Å². The Morgan fingerprint density at radius 3 is 2.75 bits per heavy atom. The van der Waals surface area contributed by atoms with E-state index in [9.17, 15) is 8.42 Å². The molecule has 0 saturated carbocycles. The van der Waals surface area contributed by atoms with Crippen LogP contribution in [0.5, 0.6) is 0 Å². The van der Waals surface area contributed by atoms with E-state index in [1.165, 1.54) is 0 Å². The molecule has 68 valence electrons. The summed E-state index contributed by atoms with van der Waals surface area (Å²) in [7, 11) is -2.93. The van der Waals surface area contributed by atoms with Crippen LogP contribution in [-0.4, -0.2) is 24.3 Å². The quantitative estimate of drug-likeness (QED) is 0.445. The Hall–Kier alpha value is -0.0200. The molecule has 0 aliphatic carbocycles. The first-order valence-corrected chi connectivity index (χ1v) is 6.20. The largest absolute Gasteiger partial charge is 0.228 e. The molecule has 0 unspecified atom stereocenters. The average Bonchev–Trinajstić information content (AvgIpc) is 1.95. The molecule has 0 aromatic heterocycles. The summed E-state index contributed by atoms with van der Waals surface area (Å²) in [5.41, 5.74) is 0. The molecule has 0 aromatic rings. The molecule has 0 N–H and O–H groups in total. The zero-order valence-electron chi connectivity index (χ0n) is 6.61. The van der Waals surface area contributed by atoms with Crippen molar-refractivity contribution in [2.75, 3.05) is 0 Å². The highest BCUT2D eigenvalue weighted by molar-refractivity contribution is 7.93. The molecule has 0 aromatic carbocycles. The number of halogens is 1. The van der Waals surface area contributed by atoms with Gasteiger partial charge in [0.1, 0.15) is 0 Å². The molecule has 0 amide bonds. The molecular weight excluding hydrogens is 196 g/mol. The van der Waals surface area contributed by atoms with Gasteiger partial charge in [-0.25, -0.2) is 8.42 Å². The first-order valence-electron chi connectivity index (χ1n) is 4.16. The standard InChI is InChI=1S/C8H11ClO2S/c9-7-5-4-6-2-1-3-8(7)12(6,10)11/h1-2,6-8H,3-5H2/t6-,7-,8+/m0/s1. The summed E-state index contributed by atoms with van der Waals surface area (Å²) in [6, 6.07) is 0. The molecule has 2 nitrogen and oxygen atoms in total. The SMILES string of the molecule is O=S1(=O)[C@@H]2CC=C[C@H]1CC[C@@H]2Cl. The third-order valence-corrected chi connectivity index (χ3v) is 5.97. The number of allylic oxidation sites excluding steroid dienone is 1. The zero-order valence-corrected chi connectivity index (χ0v) is 8.18. The summed E-state index contributed by atoms with van der Waals surface area (Å²) in [4.78, 5) is 0. The molecule has 3 atom stereocenters. The lowest BCUT2D eigenvalue weighted by molar-refractivity contribution is 0.519. The van der Waals surface area contributed by atoms with Crippen LogP contribution in [0.15, 0.2) is 12.2 Å². The summed E-state index contributed by atoms with van der Waals surface area (Å²) in [5, 5.41) is -0.731. The van der Waals surface area contributed by atoms with E-state index in [1.54, 1.807) is 0 Å². The second-order valence-corrected chi connectivity index (χ2v) is 6.37. The molecule has 2 aliphatic rings. The van der Waals surface area contributed by atoms with Crippen LogP contribution in [0, 0.1) is 0 Å². The van der Waals surface area contributed by atoms with Gasteiger partial charge < -0.3 is 0 Å². The molecule has 1 fully saturated rings. The van der Waals surface area contributed by atoms with E-state index < -0.39 is 9.84 Å². The molecular formula is C8H11ClO2S. The molecule has 4 heteroatoms. The molecule has 12 heavy (non-hydrogen) atoms. The average molecular weight is 207 g/mol. The van der Waals surface area contributed by atoms with Crippen molar-refractivity contribution in [3.63, 3.8) is 0 Å². The lowest BCUT2D eigenvalue weighted by Gasteiger charge is -2.33. The Labute approximate surface area is 77.5 Å². The highest BCUT2D eigenvalue weighted by Gasteiger charge is 2.42. The normalized spacial score (nSPS) is 44.2. The second-order valence-electron chi connectivity index (χ2n) is 3.42. The number of rotatable bonds is 0. The summed E-state index contributed by atoms with van der Waals surface area (Å²) in [5.74, 6) is 0. The number of alkyl halides is 1. The second kappa shape index (κ2) is 2.74. The van der Waals surface area contributed by atoms with Gasteiger partial charge in [0, 0.05) is 0 Å². The number of fused-ring (bicyclic) bond motifs is 2. The van der Waals surface area contributed by atoms with Crippen molar-refractivity contribution in [1.82, 2.24) is 0 Å². The van der Waals surface area contributed by atoms with Crippen molar-refractivity contribution >= 4 is 21.4 Å². The minimum Gasteiger partial charge on any atom is -0.228 e. The Morgan fingerprint density at radius 2 is 2.08 bits per heavy atom. The fourth-order valence-electron chi connectivity index (χ4n) is 1.96. The monoisotopic (exact) mass is 206 g/mol. The van der Waals surface area contributed by atoms with Gasteiger partial charge in [-0.2, -0.15) is 0 Å². The molecule has 2 rings (SSSR count). The van der Waals surface area contributed by atoms with Gasteiger partial charge in [0.25, 0.3) is 0 Å². The first-order chi connectivity index (χ1) is 5.62. The molecule has 2 heterocycles. The Kier molecular flexibility index (Phi) is 1.96. The molecule has 1 saturated heterocycles. The van der Waals surface area contributed by atoms with Crippen molar-refractivity contribution in [2.24, 2.45) is 0 Å². The van der Waals surface area contributed by atoms with Crippen LogP contribution in [-0.2, 0) is 9.84 Å². The van der Waals surface area contributed by atoms with Crippen LogP contribution in [0.3, 0.4) is 0 Å². The van der Waals surface area contributed by atoms with Gasteiger partial charge in [-0.05, 0) is 19.3 Å². The van der Waals surface area contributed by atoms with Gasteiger partial charge in [0.2, 0.25) is 0 Å². The third-order valence-electron chi connectivity index (χ3n) is 2.69. The summed E-state index contributed by atoms with van der Waals surface area (Å²) in [6.07, 6.45) is 5.90. The lowest BCUT2D eigenvalue weighted by Crippen LogP contribution is -2.43. The number of sulfone groups is 1. The maximum absolute atomic E-state index is 11.7. The van der Waals surface area contributed by atoms with Crippen molar-refractivity contribution < 1.29 is 8.42 Å². The van der Waals surface area contributed by atoms with Gasteiger partial charge in [-0.15, -0.1) is 11.6 Å². The minimum atomic E-state index is -2.93. The van der Waals surface area contributed by atoms with Gasteiger partial charge >= 0.3 is 0 Å². The number of hydrogen-bond donors (Lipinski definition) is 0. The maximum Gasteiger partial charge on any atom is 0.161 e. The van der Waals surface area contributed by atoms with Crippen LogP contribution in [0.4, 0.5) is 0 Å². The lowest BCUT2D eigenvalue weighted by atomic mass is 10.0. The molecule has 0 spiro atoms. The Bertz CT molecular complexity index is 307. The molecule has 2 bridgehead atoms. The summed E-state index contributed by atoms with van der Waals surface area (Å²) >= 11 is 5.95. The van der Waals surface area contributed by atoms with Gasteiger partial charge in [0.15, 0.2) is 9.84 Å². The third kappa shape index (κ3) is 1.11. The highest BCUT2D eigenvalue weighted by Crippen LogP contribution is 2.35. The fourth-order valence-corrected chi connectivity index (χ4v) is 4.79. The maximum atomic E-state index is 11.7. The van der Waals surface area contributed by atoms with E-state index in [2.05, 4.69) is 0 Å². The van der Waals surface area contributed by atoms with Gasteiger partial charge in [-0.3, -0.25) is 0 Å². The van der Waals surface area contributed by atoms with Crippen molar-refractivity contribution in [1.29, 1.82) is 0 Å². The minimum absolute atomic E-state index is 0.170. The van der Waals surface area contributed by atoms with E-state index in [0.717, 1.165) is 6.42 Å². The van der Waals surface area contributed by atoms with Crippen LogP contribution in [0.2, 0.25) is 0 Å². The Balaban J connectivity index is 2.44. The van der Waals surface area contributed by atoms with Crippen LogP contribution < -0.4 is 0 Å². The van der Waals surface area contributed by atoms with E-state index in [4.69, 9.17) is 11.6 Å². The van der Waals surface area contributed by atoms with Crippen molar-refractivity contribution in [2.45, 2.75) is 35.1 Å². The van der Waals surface area contributed by atoms with Crippen LogP contribution >= 0.6 is 11.6 Å². The van der Waals surface area contributed by atoms with E-state index in [-0.39, 0.29) is 15.9 Å². The molecule has 2 aliphatic heterocycles. The van der Waals surface area contributed by atoms with Gasteiger partial charge in [0.05, 0.1) is 15.9 Å². The highest BCUT2D eigenvalue weighted by atomic mass is 35.5. The van der Waals surface area contributed by atoms with Gasteiger partial charge in [-0.1, -0.05) is 12.2 Å². The Morgan fingerprint density at radius 1 is 1.33 bits per heavy atom. The van der Waals surface area contributed by atoms with E-state index in [1.807, 2.05) is 12.2 Å². The predicted octanol–water partition coefficient (Wildman–Crippen LogP) is 1.50. The predicted molar refractivity (Wildman–Crippen MR) is 49.1 cm³/mol. The summed E-state index contributed by atoms with van der Waals surface area (Å²) < 4.78 is 23.3.